The summed E-state index contributed by atoms with van der Waals surface area (Å²) < 4.78 is 6.47. The standard InChI is InChI=1S/C27H25NO/c1-18(2)19-12-14-22(15-13-19)27-28-26(21-9-4-3-5-10-21)25-23-11-7-6-8-20(23)16-17-24(25)29-27/h3-18,26-28H,1-2H3/t26-,27+/m1/s1. The zero-order valence-corrected chi connectivity index (χ0v) is 16.8. The number of nitrogens with one attached hydrogen (secondary N) is 1. The van der Waals surface area contributed by atoms with Gasteiger partial charge in [0.1, 0.15) is 5.75 Å². The van der Waals surface area contributed by atoms with Crippen molar-refractivity contribution in [1.82, 2.24) is 5.32 Å². The third kappa shape index (κ3) is 3.30. The van der Waals surface area contributed by atoms with E-state index in [2.05, 4.69) is 110 Å². The molecule has 2 heteroatoms. The van der Waals surface area contributed by atoms with Crippen molar-refractivity contribution in [2.75, 3.05) is 0 Å². The normalized spacial score (nSPS) is 18.4. The summed E-state index contributed by atoms with van der Waals surface area (Å²) in [6.07, 6.45) is -0.185. The lowest BCUT2D eigenvalue weighted by atomic mass is 9.91. The van der Waals surface area contributed by atoms with Crippen LogP contribution >= 0.6 is 0 Å². The Morgan fingerprint density at radius 1 is 0.724 bits per heavy atom. The minimum atomic E-state index is -0.185. The minimum Gasteiger partial charge on any atom is -0.471 e. The molecule has 144 valence electrons. The monoisotopic (exact) mass is 379 g/mol. The topological polar surface area (TPSA) is 21.3 Å². The van der Waals surface area contributed by atoms with Crippen LogP contribution in [-0.2, 0) is 0 Å². The SMILES string of the molecule is CC(C)c1ccc([C@H]2N[C@H](c3ccccc3)c3c(ccc4ccccc34)O2)cc1. The molecule has 0 amide bonds. The lowest BCUT2D eigenvalue weighted by Crippen LogP contribution is -2.35. The van der Waals surface area contributed by atoms with E-state index in [-0.39, 0.29) is 12.3 Å². The molecule has 0 fully saturated rings. The van der Waals surface area contributed by atoms with Gasteiger partial charge in [-0.3, -0.25) is 5.32 Å². The summed E-state index contributed by atoms with van der Waals surface area (Å²) in [7, 11) is 0. The molecule has 4 aromatic carbocycles. The molecule has 5 rings (SSSR count). The maximum absolute atomic E-state index is 6.47. The first-order valence-electron chi connectivity index (χ1n) is 10.3. The van der Waals surface area contributed by atoms with E-state index in [0.29, 0.717) is 5.92 Å². The van der Waals surface area contributed by atoms with Crippen LogP contribution in [0.3, 0.4) is 0 Å². The number of fused-ring (bicyclic) bond motifs is 3. The van der Waals surface area contributed by atoms with Crippen molar-refractivity contribution >= 4 is 10.8 Å². The maximum atomic E-state index is 6.47. The van der Waals surface area contributed by atoms with Crippen LogP contribution in [0.2, 0.25) is 0 Å². The van der Waals surface area contributed by atoms with Gasteiger partial charge in [-0.2, -0.15) is 0 Å². The molecule has 1 aliphatic heterocycles. The van der Waals surface area contributed by atoms with Crippen molar-refractivity contribution in [2.24, 2.45) is 0 Å². The van der Waals surface area contributed by atoms with Gasteiger partial charge < -0.3 is 4.74 Å². The van der Waals surface area contributed by atoms with Crippen LogP contribution in [0.25, 0.3) is 10.8 Å². The highest BCUT2D eigenvalue weighted by molar-refractivity contribution is 5.89. The average molecular weight is 380 g/mol. The molecular weight excluding hydrogens is 354 g/mol. The fourth-order valence-electron chi connectivity index (χ4n) is 4.20. The molecule has 1 aliphatic rings. The summed E-state index contributed by atoms with van der Waals surface area (Å²) in [5, 5.41) is 6.23. The Kier molecular flexibility index (Phi) is 4.57. The zero-order chi connectivity index (χ0) is 19.8. The van der Waals surface area contributed by atoms with Crippen LogP contribution < -0.4 is 10.1 Å². The zero-order valence-electron chi connectivity index (χ0n) is 16.8. The summed E-state index contributed by atoms with van der Waals surface area (Å²) in [6, 6.07) is 32.3. The van der Waals surface area contributed by atoms with Crippen LogP contribution in [0.4, 0.5) is 0 Å². The first-order chi connectivity index (χ1) is 14.2. The second kappa shape index (κ2) is 7.38. The average Bonchev–Trinajstić information content (AvgIpc) is 2.78. The predicted octanol–water partition coefficient (Wildman–Crippen LogP) is 6.73. The highest BCUT2D eigenvalue weighted by Crippen LogP contribution is 2.42. The first-order valence-corrected chi connectivity index (χ1v) is 10.3. The molecule has 0 aromatic heterocycles. The second-order valence-electron chi connectivity index (χ2n) is 8.03. The fraction of sp³-hybridized carbons (Fsp3) is 0.185. The van der Waals surface area contributed by atoms with Gasteiger partial charge in [0.2, 0.25) is 0 Å². The van der Waals surface area contributed by atoms with Crippen molar-refractivity contribution < 1.29 is 4.74 Å². The lowest BCUT2D eigenvalue weighted by molar-refractivity contribution is 0.133. The summed E-state index contributed by atoms with van der Waals surface area (Å²) in [5.41, 5.74) is 4.95. The minimum absolute atomic E-state index is 0.0702. The highest BCUT2D eigenvalue weighted by atomic mass is 16.5. The molecule has 0 radical (unpaired) electrons. The molecule has 0 saturated carbocycles. The number of hydrogen-bond acceptors (Lipinski definition) is 2. The summed E-state index contributed by atoms with van der Waals surface area (Å²) in [4.78, 5) is 0. The van der Waals surface area contributed by atoms with E-state index in [1.165, 1.54) is 27.5 Å². The van der Waals surface area contributed by atoms with E-state index in [1.807, 2.05) is 0 Å². The molecular formula is C27H25NO. The van der Waals surface area contributed by atoms with Crippen molar-refractivity contribution in [3.05, 3.63) is 113 Å². The molecule has 0 spiro atoms. The van der Waals surface area contributed by atoms with Crippen molar-refractivity contribution in [2.45, 2.75) is 32.0 Å². The molecule has 1 N–H and O–H groups in total. The molecule has 0 bridgehead atoms. The van der Waals surface area contributed by atoms with E-state index in [0.717, 1.165) is 11.3 Å². The Morgan fingerprint density at radius 3 is 2.21 bits per heavy atom. The number of ether oxygens (including phenoxy) is 1. The van der Waals surface area contributed by atoms with Crippen LogP contribution in [0.15, 0.2) is 91.0 Å². The summed E-state index contributed by atoms with van der Waals surface area (Å²) in [6.45, 7) is 4.44. The van der Waals surface area contributed by atoms with Gasteiger partial charge in [0.15, 0.2) is 6.23 Å². The molecule has 0 saturated heterocycles. The molecule has 4 aromatic rings. The first kappa shape index (κ1) is 18.0. The lowest BCUT2D eigenvalue weighted by Gasteiger charge is -2.35. The Balaban J connectivity index is 1.62. The van der Waals surface area contributed by atoms with E-state index in [4.69, 9.17) is 4.74 Å². The Bertz CT molecular complexity index is 1130. The van der Waals surface area contributed by atoms with Gasteiger partial charge in [0, 0.05) is 11.1 Å². The Labute approximate surface area is 172 Å². The molecule has 0 unspecified atom stereocenters. The van der Waals surface area contributed by atoms with Gasteiger partial charge in [-0.25, -0.2) is 0 Å². The summed E-state index contributed by atoms with van der Waals surface area (Å²) in [5.74, 6) is 1.47. The van der Waals surface area contributed by atoms with Crippen LogP contribution in [-0.4, -0.2) is 0 Å². The van der Waals surface area contributed by atoms with E-state index < -0.39 is 0 Å². The Morgan fingerprint density at radius 2 is 1.45 bits per heavy atom. The highest BCUT2D eigenvalue weighted by Gasteiger charge is 2.31. The quantitative estimate of drug-likeness (QED) is 0.426. The number of hydrogen-bond donors (Lipinski definition) is 1. The fourth-order valence-corrected chi connectivity index (χ4v) is 4.20. The molecule has 1 heterocycles. The van der Waals surface area contributed by atoms with Crippen molar-refractivity contribution in [3.8, 4) is 5.75 Å². The third-order valence-electron chi connectivity index (χ3n) is 5.82. The maximum Gasteiger partial charge on any atom is 0.177 e. The smallest absolute Gasteiger partial charge is 0.177 e. The van der Waals surface area contributed by atoms with E-state index >= 15 is 0 Å². The number of rotatable bonds is 3. The molecule has 0 aliphatic carbocycles. The largest absolute Gasteiger partial charge is 0.471 e. The van der Waals surface area contributed by atoms with Gasteiger partial charge in [-0.1, -0.05) is 98.8 Å². The Hall–Kier alpha value is -3.10. The molecule has 29 heavy (non-hydrogen) atoms. The van der Waals surface area contributed by atoms with Gasteiger partial charge in [0.05, 0.1) is 6.04 Å². The van der Waals surface area contributed by atoms with Gasteiger partial charge in [-0.05, 0) is 33.9 Å². The van der Waals surface area contributed by atoms with E-state index in [1.54, 1.807) is 0 Å². The molecule has 2 nitrogen and oxygen atoms in total. The van der Waals surface area contributed by atoms with Gasteiger partial charge in [0.25, 0.3) is 0 Å². The van der Waals surface area contributed by atoms with Crippen molar-refractivity contribution in [3.63, 3.8) is 0 Å². The molecule has 2 atom stereocenters. The predicted molar refractivity (Wildman–Crippen MR) is 119 cm³/mol. The number of benzene rings is 4. The van der Waals surface area contributed by atoms with E-state index in [9.17, 15) is 0 Å². The van der Waals surface area contributed by atoms with Gasteiger partial charge >= 0.3 is 0 Å². The van der Waals surface area contributed by atoms with Crippen molar-refractivity contribution in [1.29, 1.82) is 0 Å². The van der Waals surface area contributed by atoms with Gasteiger partial charge in [-0.15, -0.1) is 0 Å². The third-order valence-corrected chi connectivity index (χ3v) is 5.82. The summed E-state index contributed by atoms with van der Waals surface area (Å²) >= 11 is 0. The van der Waals surface area contributed by atoms with Crippen LogP contribution in [0.5, 0.6) is 5.75 Å². The van der Waals surface area contributed by atoms with Crippen LogP contribution in [0.1, 0.15) is 54.3 Å². The van der Waals surface area contributed by atoms with Crippen LogP contribution in [0, 0.1) is 0 Å². The second-order valence-corrected chi connectivity index (χ2v) is 8.03.